The lowest BCUT2D eigenvalue weighted by molar-refractivity contribution is -0.139. The molecule has 0 fully saturated rings. The van der Waals surface area contributed by atoms with Gasteiger partial charge in [0.2, 0.25) is 0 Å². The number of imide groups is 1. The number of aliphatic hydroxyl groups is 1. The van der Waals surface area contributed by atoms with Crippen molar-refractivity contribution in [2.45, 2.75) is 13.1 Å². The molecule has 0 aromatic heterocycles. The van der Waals surface area contributed by atoms with Crippen molar-refractivity contribution in [2.24, 2.45) is 0 Å². The van der Waals surface area contributed by atoms with Crippen molar-refractivity contribution in [2.75, 3.05) is 18.5 Å². The first-order valence-electron chi connectivity index (χ1n) is 6.48. The predicted molar refractivity (Wildman–Crippen MR) is 71.7 cm³/mol. The molecular weight excluding hydrogens is 320 g/mol. The van der Waals surface area contributed by atoms with E-state index >= 15 is 0 Å². The zero-order chi connectivity index (χ0) is 17.4. The molecule has 2 rings (SSSR count). The number of aliphatic hydroxyl groups excluding tert-OH is 1. The maximum atomic E-state index is 13.7. The number of carbonyl (C=O) groups excluding carboxylic acids is 2. The molecule has 1 heterocycles. The first kappa shape index (κ1) is 16.9. The Morgan fingerprint density at radius 2 is 1.91 bits per heavy atom. The second-order valence-electron chi connectivity index (χ2n) is 4.83. The number of anilines is 1. The van der Waals surface area contributed by atoms with Crippen LogP contribution >= 0.6 is 0 Å². The van der Waals surface area contributed by atoms with Crippen LogP contribution in [0.2, 0.25) is 0 Å². The molecule has 23 heavy (non-hydrogen) atoms. The van der Waals surface area contributed by atoms with Crippen LogP contribution in [0.15, 0.2) is 23.9 Å². The minimum absolute atomic E-state index is 0.241. The third kappa shape index (κ3) is 3.34. The third-order valence-corrected chi connectivity index (χ3v) is 3.26. The summed E-state index contributed by atoms with van der Waals surface area (Å²) in [5.74, 6) is -2.61. The molecule has 0 saturated carbocycles. The monoisotopic (exact) mass is 332 g/mol. The lowest BCUT2D eigenvalue weighted by Crippen LogP contribution is -2.34. The SMILES string of the molecule is Cc1c(F)cc(NC2=CC(=O)N(CCO)C2=O)cc1C(F)(F)F. The van der Waals surface area contributed by atoms with E-state index in [0.29, 0.717) is 6.07 Å². The van der Waals surface area contributed by atoms with E-state index < -0.39 is 41.5 Å². The van der Waals surface area contributed by atoms with Crippen LogP contribution in [0, 0.1) is 12.7 Å². The number of hydrogen-bond donors (Lipinski definition) is 2. The van der Waals surface area contributed by atoms with Crippen LogP contribution in [0.25, 0.3) is 0 Å². The van der Waals surface area contributed by atoms with Crippen molar-refractivity contribution >= 4 is 17.5 Å². The number of nitrogens with one attached hydrogen (secondary N) is 1. The van der Waals surface area contributed by atoms with Gasteiger partial charge in [0.25, 0.3) is 11.8 Å². The van der Waals surface area contributed by atoms with Gasteiger partial charge in [-0.05, 0) is 24.6 Å². The molecular formula is C14H12F4N2O3. The summed E-state index contributed by atoms with van der Waals surface area (Å²) in [6, 6.07) is 1.46. The fourth-order valence-electron chi connectivity index (χ4n) is 2.11. The highest BCUT2D eigenvalue weighted by Crippen LogP contribution is 2.35. The molecule has 5 nitrogen and oxygen atoms in total. The van der Waals surface area contributed by atoms with Gasteiger partial charge in [0.05, 0.1) is 18.7 Å². The number of amides is 2. The number of rotatable bonds is 4. The maximum absolute atomic E-state index is 13.7. The van der Waals surface area contributed by atoms with E-state index in [9.17, 15) is 27.2 Å². The van der Waals surface area contributed by atoms with Crippen LogP contribution in [0.3, 0.4) is 0 Å². The number of hydrogen-bond acceptors (Lipinski definition) is 4. The van der Waals surface area contributed by atoms with Crippen LogP contribution in [0.1, 0.15) is 11.1 Å². The fourth-order valence-corrected chi connectivity index (χ4v) is 2.11. The average molecular weight is 332 g/mol. The number of halogens is 4. The molecule has 2 N–H and O–H groups in total. The predicted octanol–water partition coefficient (Wildman–Crippen LogP) is 1.81. The Labute approximate surface area is 128 Å². The summed E-state index contributed by atoms with van der Waals surface area (Å²) in [6.45, 7) is 0.305. The minimum atomic E-state index is -4.75. The molecule has 0 bridgehead atoms. The molecule has 1 aromatic rings. The van der Waals surface area contributed by atoms with Crippen molar-refractivity contribution < 1.29 is 32.3 Å². The van der Waals surface area contributed by atoms with Gasteiger partial charge in [0, 0.05) is 11.8 Å². The molecule has 0 unspecified atom stereocenters. The standard InChI is InChI=1S/C14H12F4N2O3/c1-7-9(14(16,17)18)4-8(5-10(7)15)19-11-6-12(22)20(2-3-21)13(11)23/h4-6,19,21H,2-3H2,1H3. The van der Waals surface area contributed by atoms with Crippen LogP contribution < -0.4 is 5.32 Å². The van der Waals surface area contributed by atoms with E-state index in [1.165, 1.54) is 0 Å². The highest BCUT2D eigenvalue weighted by atomic mass is 19.4. The molecule has 2 amide bonds. The van der Waals surface area contributed by atoms with Gasteiger partial charge in [-0.2, -0.15) is 13.2 Å². The van der Waals surface area contributed by atoms with E-state index in [1.54, 1.807) is 0 Å². The first-order chi connectivity index (χ1) is 10.6. The minimum Gasteiger partial charge on any atom is -0.395 e. The van der Waals surface area contributed by atoms with Crippen molar-refractivity contribution in [3.8, 4) is 0 Å². The Morgan fingerprint density at radius 3 is 2.48 bits per heavy atom. The molecule has 0 atom stereocenters. The third-order valence-electron chi connectivity index (χ3n) is 3.26. The molecule has 1 aromatic carbocycles. The second-order valence-corrected chi connectivity index (χ2v) is 4.83. The van der Waals surface area contributed by atoms with Gasteiger partial charge >= 0.3 is 6.18 Å². The Bertz CT molecular complexity index is 698. The molecule has 0 saturated heterocycles. The summed E-state index contributed by atoms with van der Waals surface area (Å²) in [5.41, 5.74) is -2.34. The Morgan fingerprint density at radius 1 is 1.26 bits per heavy atom. The van der Waals surface area contributed by atoms with Gasteiger partial charge in [-0.1, -0.05) is 0 Å². The summed E-state index contributed by atoms with van der Waals surface area (Å²) >= 11 is 0. The molecule has 0 aliphatic carbocycles. The van der Waals surface area contributed by atoms with Crippen LogP contribution in [0.4, 0.5) is 23.2 Å². The quantitative estimate of drug-likeness (QED) is 0.652. The molecule has 9 heteroatoms. The Kier molecular flexibility index (Phi) is 4.42. The lowest BCUT2D eigenvalue weighted by Gasteiger charge is -2.16. The van der Waals surface area contributed by atoms with Crippen molar-refractivity contribution in [1.29, 1.82) is 0 Å². The lowest BCUT2D eigenvalue weighted by atomic mass is 10.1. The highest BCUT2D eigenvalue weighted by Gasteiger charge is 2.35. The van der Waals surface area contributed by atoms with Gasteiger partial charge < -0.3 is 10.4 Å². The fraction of sp³-hybridized carbons (Fsp3) is 0.286. The van der Waals surface area contributed by atoms with Gasteiger partial charge in [-0.25, -0.2) is 4.39 Å². The summed E-state index contributed by atoms with van der Waals surface area (Å²) in [7, 11) is 0. The van der Waals surface area contributed by atoms with Gasteiger partial charge in [0.1, 0.15) is 11.5 Å². The summed E-state index contributed by atoms with van der Waals surface area (Å²) < 4.78 is 52.2. The second kappa shape index (κ2) is 5.99. The average Bonchev–Trinajstić information content (AvgIpc) is 2.69. The van der Waals surface area contributed by atoms with E-state index in [1.807, 2.05) is 0 Å². The molecule has 1 aliphatic heterocycles. The van der Waals surface area contributed by atoms with Gasteiger partial charge in [-0.15, -0.1) is 0 Å². The van der Waals surface area contributed by atoms with Crippen molar-refractivity contribution in [3.63, 3.8) is 0 Å². The molecule has 0 spiro atoms. The summed E-state index contributed by atoms with van der Waals surface area (Å²) in [5, 5.41) is 11.1. The Hall–Kier alpha value is -2.42. The first-order valence-corrected chi connectivity index (χ1v) is 6.48. The topological polar surface area (TPSA) is 69.6 Å². The number of nitrogens with zero attached hydrogens (tertiary/aromatic N) is 1. The Balaban J connectivity index is 2.32. The van der Waals surface area contributed by atoms with Gasteiger partial charge in [0.15, 0.2) is 0 Å². The number of benzene rings is 1. The number of β-amino-alcohol motifs (C(OH)–C–C–N with tert-alkyl or cyclic N) is 1. The van der Waals surface area contributed by atoms with Crippen molar-refractivity contribution in [3.05, 3.63) is 40.8 Å². The van der Waals surface area contributed by atoms with Crippen molar-refractivity contribution in [1.82, 2.24) is 4.90 Å². The van der Waals surface area contributed by atoms with Crippen LogP contribution in [-0.4, -0.2) is 35.0 Å². The normalized spacial score (nSPS) is 15.2. The zero-order valence-electron chi connectivity index (χ0n) is 11.9. The highest BCUT2D eigenvalue weighted by molar-refractivity contribution is 6.17. The smallest absolute Gasteiger partial charge is 0.395 e. The maximum Gasteiger partial charge on any atom is 0.416 e. The van der Waals surface area contributed by atoms with E-state index in [4.69, 9.17) is 5.11 Å². The number of carbonyl (C=O) groups is 2. The number of alkyl halides is 3. The van der Waals surface area contributed by atoms with Crippen LogP contribution in [0.5, 0.6) is 0 Å². The summed E-state index contributed by atoms with van der Waals surface area (Å²) in [6.07, 6.45) is -3.88. The molecule has 124 valence electrons. The van der Waals surface area contributed by atoms with E-state index in [0.717, 1.165) is 24.0 Å². The summed E-state index contributed by atoms with van der Waals surface area (Å²) in [4.78, 5) is 24.2. The van der Waals surface area contributed by atoms with Gasteiger partial charge in [-0.3, -0.25) is 14.5 Å². The zero-order valence-corrected chi connectivity index (χ0v) is 11.9. The van der Waals surface area contributed by atoms with E-state index in [2.05, 4.69) is 5.32 Å². The molecule has 0 radical (unpaired) electrons. The largest absolute Gasteiger partial charge is 0.416 e. The van der Waals surface area contributed by atoms with Crippen LogP contribution in [-0.2, 0) is 15.8 Å². The molecule has 1 aliphatic rings. The van der Waals surface area contributed by atoms with E-state index in [-0.39, 0.29) is 17.9 Å².